The number of aliphatic hydroxyl groups is 1. The molecule has 0 unspecified atom stereocenters. The Morgan fingerprint density at radius 1 is 1.20 bits per heavy atom. The van der Waals surface area contributed by atoms with E-state index in [-0.39, 0.29) is 6.61 Å². The highest BCUT2D eigenvalue weighted by Crippen LogP contribution is 2.20. The summed E-state index contributed by atoms with van der Waals surface area (Å²) in [6, 6.07) is 7.87. The Labute approximate surface area is 90.9 Å². The van der Waals surface area contributed by atoms with Crippen LogP contribution in [0.4, 0.5) is 4.39 Å². The van der Waals surface area contributed by atoms with Gasteiger partial charge in [0.05, 0.1) is 0 Å². The number of aliphatic hydroxyl groups excluding tert-OH is 1. The first-order valence-electron chi connectivity index (χ1n) is 5.39. The molecule has 0 aliphatic heterocycles. The van der Waals surface area contributed by atoms with Crippen molar-refractivity contribution in [1.29, 1.82) is 0 Å². The average Bonchev–Trinajstić information content (AvgIpc) is 2.14. The molecular formula is C13H19FO. The third-order valence-electron chi connectivity index (χ3n) is 2.33. The molecule has 15 heavy (non-hydrogen) atoms. The fourth-order valence-corrected chi connectivity index (χ4v) is 1.70. The van der Waals surface area contributed by atoms with Crippen LogP contribution in [0.25, 0.3) is 0 Å². The van der Waals surface area contributed by atoms with E-state index in [2.05, 4.69) is 0 Å². The Balaban J connectivity index is 2.77. The van der Waals surface area contributed by atoms with Gasteiger partial charge in [-0.05, 0) is 37.8 Å². The molecule has 0 atom stereocenters. The summed E-state index contributed by atoms with van der Waals surface area (Å²) in [6.45, 7) is 3.37. The molecule has 1 nitrogen and oxygen atoms in total. The van der Waals surface area contributed by atoms with Crippen LogP contribution in [-0.2, 0) is 12.8 Å². The van der Waals surface area contributed by atoms with Gasteiger partial charge < -0.3 is 5.11 Å². The molecule has 0 radical (unpaired) electrons. The molecule has 1 aromatic carbocycles. The minimum atomic E-state index is -1.17. The quantitative estimate of drug-likeness (QED) is 0.792. The molecule has 0 bridgehead atoms. The Kier molecular flexibility index (Phi) is 4.28. The second-order valence-electron chi connectivity index (χ2n) is 4.49. The molecule has 0 spiro atoms. The van der Waals surface area contributed by atoms with Crippen molar-refractivity contribution < 1.29 is 9.50 Å². The summed E-state index contributed by atoms with van der Waals surface area (Å²) < 4.78 is 13.5. The average molecular weight is 210 g/mol. The fraction of sp³-hybridized carbons (Fsp3) is 0.538. The van der Waals surface area contributed by atoms with Crippen molar-refractivity contribution in [1.82, 2.24) is 0 Å². The smallest absolute Gasteiger partial charge is 0.109 e. The molecule has 0 aromatic heterocycles. The van der Waals surface area contributed by atoms with Gasteiger partial charge in [-0.2, -0.15) is 0 Å². The standard InChI is InChI=1S/C13H19FO/c1-13(2,14)10-12-7-4-3-6-11(12)8-5-9-15/h3-4,6-7,15H,5,8-10H2,1-2H3. The van der Waals surface area contributed by atoms with Crippen molar-refractivity contribution >= 4 is 0 Å². The second kappa shape index (κ2) is 5.26. The third kappa shape index (κ3) is 4.43. The molecule has 0 saturated heterocycles. The number of hydrogen-bond donors (Lipinski definition) is 1. The molecule has 0 aliphatic rings. The largest absolute Gasteiger partial charge is 0.396 e. The maximum Gasteiger partial charge on any atom is 0.109 e. The molecule has 2 heteroatoms. The maximum atomic E-state index is 13.5. The Morgan fingerprint density at radius 3 is 2.33 bits per heavy atom. The summed E-state index contributed by atoms with van der Waals surface area (Å²) in [4.78, 5) is 0. The van der Waals surface area contributed by atoms with Gasteiger partial charge >= 0.3 is 0 Å². The van der Waals surface area contributed by atoms with Gasteiger partial charge in [0.15, 0.2) is 0 Å². The van der Waals surface area contributed by atoms with Crippen LogP contribution in [0.2, 0.25) is 0 Å². The first-order chi connectivity index (χ1) is 7.03. The van der Waals surface area contributed by atoms with Crippen LogP contribution < -0.4 is 0 Å². The molecule has 0 aliphatic carbocycles. The van der Waals surface area contributed by atoms with E-state index < -0.39 is 5.67 Å². The van der Waals surface area contributed by atoms with Crippen molar-refractivity contribution in [2.24, 2.45) is 0 Å². The predicted octanol–water partition coefficient (Wildman–Crippen LogP) is 2.90. The van der Waals surface area contributed by atoms with Crippen LogP contribution in [0.1, 0.15) is 31.4 Å². The summed E-state index contributed by atoms with van der Waals surface area (Å²) in [5, 5.41) is 8.78. The molecule has 1 rings (SSSR count). The van der Waals surface area contributed by atoms with E-state index in [1.54, 1.807) is 13.8 Å². The third-order valence-corrected chi connectivity index (χ3v) is 2.33. The van der Waals surface area contributed by atoms with E-state index in [0.717, 1.165) is 24.0 Å². The van der Waals surface area contributed by atoms with Gasteiger partial charge in [0, 0.05) is 13.0 Å². The van der Waals surface area contributed by atoms with Crippen molar-refractivity contribution in [3.8, 4) is 0 Å². The molecule has 1 aromatic rings. The lowest BCUT2D eigenvalue weighted by molar-refractivity contribution is 0.216. The normalized spacial score (nSPS) is 11.7. The lowest BCUT2D eigenvalue weighted by atomic mass is 9.94. The van der Waals surface area contributed by atoms with E-state index in [1.165, 1.54) is 0 Å². The summed E-state index contributed by atoms with van der Waals surface area (Å²) in [5.41, 5.74) is 1.03. The van der Waals surface area contributed by atoms with E-state index >= 15 is 0 Å². The molecule has 0 heterocycles. The number of halogens is 1. The van der Waals surface area contributed by atoms with Crippen molar-refractivity contribution in [2.45, 2.75) is 38.8 Å². The first kappa shape index (κ1) is 12.2. The van der Waals surface area contributed by atoms with Crippen LogP contribution in [0, 0.1) is 0 Å². The van der Waals surface area contributed by atoms with Crippen molar-refractivity contribution in [3.63, 3.8) is 0 Å². The Hall–Kier alpha value is -0.890. The highest BCUT2D eigenvalue weighted by atomic mass is 19.1. The highest BCUT2D eigenvalue weighted by molar-refractivity contribution is 5.28. The number of alkyl halides is 1. The van der Waals surface area contributed by atoms with Crippen LogP contribution >= 0.6 is 0 Å². The van der Waals surface area contributed by atoms with Gasteiger partial charge in [-0.1, -0.05) is 24.3 Å². The lowest BCUT2D eigenvalue weighted by Gasteiger charge is -2.16. The molecule has 0 amide bonds. The summed E-state index contributed by atoms with van der Waals surface area (Å²) >= 11 is 0. The van der Waals surface area contributed by atoms with Gasteiger partial charge in [0.25, 0.3) is 0 Å². The number of aryl methyl sites for hydroxylation is 1. The monoisotopic (exact) mass is 210 g/mol. The molecular weight excluding hydrogens is 191 g/mol. The van der Waals surface area contributed by atoms with E-state index in [4.69, 9.17) is 5.11 Å². The summed E-state index contributed by atoms with van der Waals surface area (Å²) in [6.07, 6.45) is 2.00. The fourth-order valence-electron chi connectivity index (χ4n) is 1.70. The van der Waals surface area contributed by atoms with Gasteiger partial charge in [0.2, 0.25) is 0 Å². The van der Waals surface area contributed by atoms with Gasteiger partial charge in [0.1, 0.15) is 5.67 Å². The van der Waals surface area contributed by atoms with Crippen LogP contribution in [-0.4, -0.2) is 17.4 Å². The lowest BCUT2D eigenvalue weighted by Crippen LogP contribution is -2.16. The number of benzene rings is 1. The van der Waals surface area contributed by atoms with Crippen LogP contribution in [0.15, 0.2) is 24.3 Å². The highest BCUT2D eigenvalue weighted by Gasteiger charge is 2.17. The molecule has 0 saturated carbocycles. The van der Waals surface area contributed by atoms with E-state index in [0.29, 0.717) is 6.42 Å². The minimum Gasteiger partial charge on any atom is -0.396 e. The minimum absolute atomic E-state index is 0.188. The molecule has 1 N–H and O–H groups in total. The zero-order valence-electron chi connectivity index (χ0n) is 9.46. The molecule has 84 valence electrons. The van der Waals surface area contributed by atoms with E-state index in [9.17, 15) is 4.39 Å². The van der Waals surface area contributed by atoms with E-state index in [1.807, 2.05) is 24.3 Å². The van der Waals surface area contributed by atoms with Crippen molar-refractivity contribution in [3.05, 3.63) is 35.4 Å². The Bertz CT molecular complexity index is 302. The second-order valence-corrected chi connectivity index (χ2v) is 4.49. The van der Waals surface area contributed by atoms with Gasteiger partial charge in [-0.15, -0.1) is 0 Å². The molecule has 0 fully saturated rings. The van der Waals surface area contributed by atoms with Gasteiger partial charge in [-0.25, -0.2) is 4.39 Å². The SMILES string of the molecule is CC(C)(F)Cc1ccccc1CCCO. The maximum absolute atomic E-state index is 13.5. The zero-order chi connectivity index (χ0) is 11.3. The zero-order valence-corrected chi connectivity index (χ0v) is 9.46. The summed E-state index contributed by atoms with van der Waals surface area (Å²) in [7, 11) is 0. The van der Waals surface area contributed by atoms with Crippen molar-refractivity contribution in [2.75, 3.05) is 6.61 Å². The van der Waals surface area contributed by atoms with Crippen LogP contribution in [0.3, 0.4) is 0 Å². The van der Waals surface area contributed by atoms with Gasteiger partial charge in [-0.3, -0.25) is 0 Å². The topological polar surface area (TPSA) is 20.2 Å². The summed E-state index contributed by atoms with van der Waals surface area (Å²) in [5.74, 6) is 0. The number of rotatable bonds is 5. The Morgan fingerprint density at radius 2 is 1.80 bits per heavy atom. The predicted molar refractivity (Wildman–Crippen MR) is 60.7 cm³/mol. The van der Waals surface area contributed by atoms with Crippen LogP contribution in [0.5, 0.6) is 0 Å². The number of hydrogen-bond acceptors (Lipinski definition) is 1. The first-order valence-corrected chi connectivity index (χ1v) is 5.39.